The molecule has 1 amide bonds. The molecule has 0 unspecified atom stereocenters. The van der Waals surface area contributed by atoms with E-state index in [0.717, 1.165) is 23.4 Å². The van der Waals surface area contributed by atoms with E-state index in [0.29, 0.717) is 24.5 Å². The number of carbonyl (C=O) groups is 1. The minimum Gasteiger partial charge on any atom is -0.324 e. The van der Waals surface area contributed by atoms with Gasteiger partial charge in [0.05, 0.1) is 16.8 Å². The van der Waals surface area contributed by atoms with Crippen molar-refractivity contribution in [3.05, 3.63) is 54.6 Å². The van der Waals surface area contributed by atoms with E-state index in [4.69, 9.17) is 0 Å². The zero-order valence-corrected chi connectivity index (χ0v) is 18.5. The Labute approximate surface area is 177 Å². The number of hydrogen-bond donors (Lipinski definition) is 1. The molecule has 1 atom stereocenters. The molecule has 10 heteroatoms. The summed E-state index contributed by atoms with van der Waals surface area (Å²) in [4.78, 5) is 12.9. The standard InChI is InChI=1S/C20H25N3O5S2/c1-16(23(29(2,25)26)18-8-4-3-5-9-18)20(24)21-17-10-12-19(13-11-17)30(27,28)22-14-6-7-15-22/h3-5,8-13,16H,6-7,14-15H2,1-2H3,(H,21,24)/t16-/m0/s1. The molecule has 1 N–H and O–H groups in total. The van der Waals surface area contributed by atoms with Crippen LogP contribution < -0.4 is 9.62 Å². The lowest BCUT2D eigenvalue weighted by Gasteiger charge is -2.28. The number of para-hydroxylation sites is 1. The van der Waals surface area contributed by atoms with Crippen LogP contribution in [0.25, 0.3) is 0 Å². The monoisotopic (exact) mass is 451 g/mol. The highest BCUT2D eigenvalue weighted by Gasteiger charge is 2.30. The van der Waals surface area contributed by atoms with Crippen LogP contribution in [0.3, 0.4) is 0 Å². The second-order valence-corrected chi connectivity index (χ2v) is 11.0. The Hall–Kier alpha value is -2.43. The lowest BCUT2D eigenvalue weighted by atomic mass is 10.2. The summed E-state index contributed by atoms with van der Waals surface area (Å²) in [7, 11) is -7.24. The van der Waals surface area contributed by atoms with Gasteiger partial charge < -0.3 is 5.32 Å². The van der Waals surface area contributed by atoms with Gasteiger partial charge in [-0.1, -0.05) is 18.2 Å². The lowest BCUT2D eigenvalue weighted by Crippen LogP contribution is -2.45. The first kappa shape index (κ1) is 22.3. The van der Waals surface area contributed by atoms with Crippen LogP contribution in [0.5, 0.6) is 0 Å². The first-order chi connectivity index (χ1) is 14.1. The van der Waals surface area contributed by atoms with Crippen LogP contribution in [-0.2, 0) is 24.8 Å². The van der Waals surface area contributed by atoms with E-state index in [1.165, 1.54) is 35.5 Å². The van der Waals surface area contributed by atoms with Crippen molar-refractivity contribution >= 4 is 37.3 Å². The van der Waals surface area contributed by atoms with E-state index in [-0.39, 0.29) is 4.90 Å². The quantitative estimate of drug-likeness (QED) is 0.695. The highest BCUT2D eigenvalue weighted by atomic mass is 32.2. The van der Waals surface area contributed by atoms with Crippen LogP contribution in [0.2, 0.25) is 0 Å². The zero-order chi connectivity index (χ0) is 21.9. The molecule has 0 radical (unpaired) electrons. The fourth-order valence-corrected chi connectivity index (χ4v) is 6.11. The number of hydrogen-bond acceptors (Lipinski definition) is 5. The van der Waals surface area contributed by atoms with Crippen LogP contribution in [0.15, 0.2) is 59.5 Å². The molecule has 0 aliphatic carbocycles. The van der Waals surface area contributed by atoms with Gasteiger partial charge >= 0.3 is 0 Å². The first-order valence-electron chi connectivity index (χ1n) is 9.56. The molecule has 3 rings (SSSR count). The lowest BCUT2D eigenvalue weighted by molar-refractivity contribution is -0.116. The summed E-state index contributed by atoms with van der Waals surface area (Å²) >= 11 is 0. The van der Waals surface area contributed by atoms with Gasteiger partial charge in [0.25, 0.3) is 0 Å². The van der Waals surface area contributed by atoms with E-state index in [1.807, 2.05) is 0 Å². The van der Waals surface area contributed by atoms with Gasteiger partial charge in [0.1, 0.15) is 6.04 Å². The third kappa shape index (κ3) is 4.82. The Morgan fingerprint density at radius 3 is 2.07 bits per heavy atom. The van der Waals surface area contributed by atoms with Crippen LogP contribution in [-0.4, -0.2) is 52.4 Å². The van der Waals surface area contributed by atoms with Gasteiger partial charge in [0, 0.05) is 18.8 Å². The average molecular weight is 452 g/mol. The molecule has 0 saturated carbocycles. The molecule has 30 heavy (non-hydrogen) atoms. The van der Waals surface area contributed by atoms with Crippen LogP contribution in [0, 0.1) is 0 Å². The number of nitrogens with one attached hydrogen (secondary N) is 1. The van der Waals surface area contributed by atoms with Crippen LogP contribution in [0.4, 0.5) is 11.4 Å². The molecular weight excluding hydrogens is 426 g/mol. The van der Waals surface area contributed by atoms with Crippen molar-refractivity contribution in [2.24, 2.45) is 0 Å². The maximum Gasteiger partial charge on any atom is 0.247 e. The highest BCUT2D eigenvalue weighted by Crippen LogP contribution is 2.24. The number of anilines is 2. The second-order valence-electron chi connectivity index (χ2n) is 7.20. The van der Waals surface area contributed by atoms with Crippen molar-refractivity contribution in [2.75, 3.05) is 29.0 Å². The summed E-state index contributed by atoms with van der Waals surface area (Å²) in [5.41, 5.74) is 0.767. The summed E-state index contributed by atoms with van der Waals surface area (Å²) in [6, 6.07) is 13.3. The smallest absolute Gasteiger partial charge is 0.247 e. The average Bonchev–Trinajstić information content (AvgIpc) is 3.24. The summed E-state index contributed by atoms with van der Waals surface area (Å²) in [5, 5.41) is 2.66. The fourth-order valence-electron chi connectivity index (χ4n) is 3.42. The highest BCUT2D eigenvalue weighted by molar-refractivity contribution is 7.92. The molecule has 2 aromatic rings. The number of nitrogens with zero attached hydrogens (tertiary/aromatic N) is 2. The van der Waals surface area contributed by atoms with Gasteiger partial charge in [-0.25, -0.2) is 16.8 Å². The fraction of sp³-hybridized carbons (Fsp3) is 0.350. The number of benzene rings is 2. The van der Waals surface area contributed by atoms with Gasteiger partial charge in [-0.2, -0.15) is 4.31 Å². The van der Waals surface area contributed by atoms with Crippen molar-refractivity contribution in [3.63, 3.8) is 0 Å². The minimum absolute atomic E-state index is 0.164. The van der Waals surface area contributed by atoms with E-state index >= 15 is 0 Å². The first-order valence-corrected chi connectivity index (χ1v) is 12.8. The number of rotatable bonds is 7. The van der Waals surface area contributed by atoms with Gasteiger partial charge in [-0.3, -0.25) is 9.10 Å². The molecule has 1 fully saturated rings. The largest absolute Gasteiger partial charge is 0.324 e. The molecule has 0 aromatic heterocycles. The van der Waals surface area contributed by atoms with Gasteiger partial charge in [0.2, 0.25) is 26.0 Å². The normalized spacial score (nSPS) is 16.2. The Kier molecular flexibility index (Phi) is 6.49. The Morgan fingerprint density at radius 1 is 0.967 bits per heavy atom. The summed E-state index contributed by atoms with van der Waals surface area (Å²) < 4.78 is 52.3. The minimum atomic E-state index is -3.70. The van der Waals surface area contributed by atoms with Crippen molar-refractivity contribution in [3.8, 4) is 0 Å². The van der Waals surface area contributed by atoms with Gasteiger partial charge in [0.15, 0.2) is 0 Å². The van der Waals surface area contributed by atoms with E-state index in [1.54, 1.807) is 30.3 Å². The molecule has 2 aromatic carbocycles. The van der Waals surface area contributed by atoms with E-state index < -0.39 is 32.0 Å². The molecule has 1 aliphatic heterocycles. The number of sulfonamides is 2. The van der Waals surface area contributed by atoms with Crippen LogP contribution in [0.1, 0.15) is 19.8 Å². The molecule has 1 heterocycles. The van der Waals surface area contributed by atoms with Gasteiger partial charge in [-0.05, 0) is 56.2 Å². The maximum absolute atomic E-state index is 12.7. The maximum atomic E-state index is 12.7. The molecule has 8 nitrogen and oxygen atoms in total. The van der Waals surface area contributed by atoms with Gasteiger partial charge in [-0.15, -0.1) is 0 Å². The van der Waals surface area contributed by atoms with E-state index in [9.17, 15) is 21.6 Å². The van der Waals surface area contributed by atoms with Crippen LogP contribution >= 0.6 is 0 Å². The SMILES string of the molecule is C[C@@H](C(=O)Nc1ccc(S(=O)(=O)N2CCCC2)cc1)N(c1ccccc1)S(C)(=O)=O. The Bertz CT molecular complexity index is 1090. The topological polar surface area (TPSA) is 104 Å². The predicted molar refractivity (Wildman–Crippen MR) is 116 cm³/mol. The number of amides is 1. The van der Waals surface area contributed by atoms with Crippen molar-refractivity contribution in [1.82, 2.24) is 4.31 Å². The Morgan fingerprint density at radius 2 is 1.53 bits per heavy atom. The summed E-state index contributed by atoms with van der Waals surface area (Å²) in [6.45, 7) is 2.52. The van der Waals surface area contributed by atoms with Crippen molar-refractivity contribution in [1.29, 1.82) is 0 Å². The third-order valence-electron chi connectivity index (χ3n) is 4.92. The Balaban J connectivity index is 1.76. The van der Waals surface area contributed by atoms with Crippen molar-refractivity contribution < 1.29 is 21.6 Å². The van der Waals surface area contributed by atoms with E-state index in [2.05, 4.69) is 5.32 Å². The molecule has 0 spiro atoms. The molecular formula is C20H25N3O5S2. The zero-order valence-electron chi connectivity index (χ0n) is 16.9. The summed E-state index contributed by atoms with van der Waals surface area (Å²) in [5.74, 6) is -0.528. The second kappa shape index (κ2) is 8.75. The number of carbonyl (C=O) groups excluding carboxylic acids is 1. The summed E-state index contributed by atoms with van der Waals surface area (Å²) in [6.07, 6.45) is 2.74. The molecule has 0 bridgehead atoms. The molecule has 1 aliphatic rings. The van der Waals surface area contributed by atoms with Crippen molar-refractivity contribution in [2.45, 2.75) is 30.7 Å². The molecule has 162 valence electrons. The predicted octanol–water partition coefficient (Wildman–Crippen LogP) is 2.26. The third-order valence-corrected chi connectivity index (χ3v) is 8.08. The molecule has 1 saturated heterocycles.